The third-order valence-corrected chi connectivity index (χ3v) is 3.37. The van der Waals surface area contributed by atoms with Crippen molar-refractivity contribution in [2.45, 2.75) is 17.4 Å². The fourth-order valence-corrected chi connectivity index (χ4v) is 2.25. The van der Waals surface area contributed by atoms with Crippen molar-refractivity contribution in [3.63, 3.8) is 0 Å². The number of benzene rings is 1. The molecule has 1 unspecified atom stereocenters. The van der Waals surface area contributed by atoms with Crippen LogP contribution in [0.2, 0.25) is 0 Å². The third kappa shape index (κ3) is 3.39. The first-order chi connectivity index (χ1) is 8.25. The standard InChI is InChI=1S/C11H14N2O4S/c1-2-7-5-8(9(12)6-11(14)15)3-4-10(7)18(13,16)17/h2-5,9H,1,6,12H2,(H,14,15)(H2,13,16,17). The van der Waals surface area contributed by atoms with Crippen molar-refractivity contribution >= 4 is 22.1 Å². The van der Waals surface area contributed by atoms with Gasteiger partial charge in [0.25, 0.3) is 0 Å². The smallest absolute Gasteiger partial charge is 0.305 e. The Bertz CT molecular complexity index is 581. The van der Waals surface area contributed by atoms with E-state index >= 15 is 0 Å². The highest BCUT2D eigenvalue weighted by atomic mass is 32.2. The number of carboxylic acids is 1. The minimum absolute atomic E-state index is 0.0659. The zero-order valence-electron chi connectivity index (χ0n) is 9.54. The van der Waals surface area contributed by atoms with Crippen LogP contribution in [0.4, 0.5) is 0 Å². The first-order valence-electron chi connectivity index (χ1n) is 5.02. The van der Waals surface area contributed by atoms with Crippen LogP contribution in [0.15, 0.2) is 29.7 Å². The molecule has 0 saturated heterocycles. The predicted molar refractivity (Wildman–Crippen MR) is 67.1 cm³/mol. The van der Waals surface area contributed by atoms with Gasteiger partial charge >= 0.3 is 5.97 Å². The summed E-state index contributed by atoms with van der Waals surface area (Å²) in [7, 11) is -3.84. The van der Waals surface area contributed by atoms with Crippen LogP contribution in [0.25, 0.3) is 6.08 Å². The third-order valence-electron chi connectivity index (χ3n) is 2.38. The molecule has 0 radical (unpaired) electrons. The number of rotatable bonds is 5. The van der Waals surface area contributed by atoms with Crippen molar-refractivity contribution in [2.75, 3.05) is 0 Å². The van der Waals surface area contributed by atoms with Gasteiger partial charge in [-0.3, -0.25) is 4.79 Å². The molecule has 0 aliphatic carbocycles. The predicted octanol–water partition coefficient (Wildman–Crippen LogP) is 0.452. The molecule has 0 aliphatic heterocycles. The summed E-state index contributed by atoms with van der Waals surface area (Å²) in [4.78, 5) is 10.5. The molecule has 0 aromatic heterocycles. The Balaban J connectivity index is 3.22. The van der Waals surface area contributed by atoms with Crippen molar-refractivity contribution in [2.24, 2.45) is 10.9 Å². The average Bonchev–Trinajstić information content (AvgIpc) is 2.26. The van der Waals surface area contributed by atoms with E-state index in [1.54, 1.807) is 0 Å². The molecule has 18 heavy (non-hydrogen) atoms. The number of hydrogen-bond donors (Lipinski definition) is 3. The Kier molecular flexibility index (Phi) is 4.23. The highest BCUT2D eigenvalue weighted by Gasteiger charge is 2.16. The molecule has 0 spiro atoms. The summed E-state index contributed by atoms with van der Waals surface area (Å²) in [6.45, 7) is 3.49. The van der Waals surface area contributed by atoms with Crippen molar-refractivity contribution in [1.82, 2.24) is 0 Å². The fourth-order valence-electron chi connectivity index (χ4n) is 1.52. The average molecular weight is 270 g/mol. The maximum absolute atomic E-state index is 11.3. The van der Waals surface area contributed by atoms with E-state index in [1.165, 1.54) is 24.3 Å². The minimum atomic E-state index is -3.84. The topological polar surface area (TPSA) is 123 Å². The van der Waals surface area contributed by atoms with Gasteiger partial charge in [0.2, 0.25) is 10.0 Å². The first-order valence-corrected chi connectivity index (χ1v) is 6.57. The second-order valence-corrected chi connectivity index (χ2v) is 5.28. The fraction of sp³-hybridized carbons (Fsp3) is 0.182. The summed E-state index contributed by atoms with van der Waals surface area (Å²) < 4.78 is 22.6. The monoisotopic (exact) mass is 270 g/mol. The van der Waals surface area contributed by atoms with Crippen LogP contribution in [0, 0.1) is 0 Å². The maximum Gasteiger partial charge on any atom is 0.305 e. The molecule has 6 nitrogen and oxygen atoms in total. The highest BCUT2D eigenvalue weighted by Crippen LogP contribution is 2.22. The van der Waals surface area contributed by atoms with Gasteiger partial charge in [0, 0.05) is 6.04 Å². The van der Waals surface area contributed by atoms with E-state index in [4.69, 9.17) is 16.0 Å². The van der Waals surface area contributed by atoms with Gasteiger partial charge in [-0.2, -0.15) is 0 Å². The van der Waals surface area contributed by atoms with E-state index in [9.17, 15) is 13.2 Å². The van der Waals surface area contributed by atoms with E-state index in [0.29, 0.717) is 11.1 Å². The number of nitrogens with two attached hydrogens (primary N) is 2. The van der Waals surface area contributed by atoms with Gasteiger partial charge < -0.3 is 10.8 Å². The molecule has 1 rings (SSSR count). The second-order valence-electron chi connectivity index (χ2n) is 3.75. The highest BCUT2D eigenvalue weighted by molar-refractivity contribution is 7.89. The van der Waals surface area contributed by atoms with Crippen molar-refractivity contribution in [3.8, 4) is 0 Å². The van der Waals surface area contributed by atoms with Crippen LogP contribution in [-0.4, -0.2) is 19.5 Å². The molecule has 0 fully saturated rings. The normalized spacial score (nSPS) is 13.0. The zero-order valence-corrected chi connectivity index (χ0v) is 10.4. The molecule has 1 atom stereocenters. The van der Waals surface area contributed by atoms with Gasteiger partial charge in [0.1, 0.15) is 0 Å². The van der Waals surface area contributed by atoms with Crippen LogP contribution in [-0.2, 0) is 14.8 Å². The molecule has 1 aromatic carbocycles. The zero-order chi connectivity index (χ0) is 13.9. The summed E-state index contributed by atoms with van der Waals surface area (Å²) in [5.41, 5.74) is 6.50. The van der Waals surface area contributed by atoms with E-state index in [0.717, 1.165) is 0 Å². The molecule has 0 heterocycles. The number of primary sulfonamides is 1. The van der Waals surface area contributed by atoms with Crippen LogP contribution in [0.1, 0.15) is 23.6 Å². The lowest BCUT2D eigenvalue weighted by molar-refractivity contribution is -0.137. The number of sulfonamides is 1. The summed E-state index contributed by atoms with van der Waals surface area (Å²) in [6, 6.07) is 3.50. The van der Waals surface area contributed by atoms with Crippen molar-refractivity contribution in [3.05, 3.63) is 35.9 Å². The Labute approximate surface area is 105 Å². The molecule has 0 aliphatic rings. The number of carbonyl (C=O) groups is 1. The second kappa shape index (κ2) is 5.30. The lowest BCUT2D eigenvalue weighted by Crippen LogP contribution is -2.17. The van der Waals surface area contributed by atoms with Gasteiger partial charge in [-0.05, 0) is 23.3 Å². The summed E-state index contributed by atoms with van der Waals surface area (Å²) in [6.07, 6.45) is 1.09. The minimum Gasteiger partial charge on any atom is -0.481 e. The van der Waals surface area contributed by atoms with E-state index in [2.05, 4.69) is 6.58 Å². The van der Waals surface area contributed by atoms with Crippen molar-refractivity contribution in [1.29, 1.82) is 0 Å². The molecule has 0 saturated carbocycles. The molecule has 5 N–H and O–H groups in total. The van der Waals surface area contributed by atoms with Crippen LogP contribution in [0.3, 0.4) is 0 Å². The van der Waals surface area contributed by atoms with Gasteiger partial charge in [-0.15, -0.1) is 0 Å². The number of hydrogen-bond acceptors (Lipinski definition) is 4. The van der Waals surface area contributed by atoms with Gasteiger partial charge in [-0.25, -0.2) is 13.6 Å². The molecule has 0 amide bonds. The summed E-state index contributed by atoms with van der Waals surface area (Å²) >= 11 is 0. The van der Waals surface area contributed by atoms with Gasteiger partial charge in [0.15, 0.2) is 0 Å². The van der Waals surface area contributed by atoms with Gasteiger partial charge in [0.05, 0.1) is 11.3 Å². The number of aliphatic carboxylic acids is 1. The lowest BCUT2D eigenvalue weighted by atomic mass is 10.0. The van der Waals surface area contributed by atoms with E-state index in [-0.39, 0.29) is 11.3 Å². The quantitative estimate of drug-likeness (QED) is 0.716. The molecule has 0 bridgehead atoms. The van der Waals surface area contributed by atoms with Gasteiger partial charge in [-0.1, -0.05) is 18.7 Å². The molecule has 1 aromatic rings. The lowest BCUT2D eigenvalue weighted by Gasteiger charge is -2.12. The molecular formula is C11H14N2O4S. The SMILES string of the molecule is C=Cc1cc(C(N)CC(=O)O)ccc1S(N)(=O)=O. The summed E-state index contributed by atoms with van der Waals surface area (Å²) in [5, 5.41) is 13.7. The van der Waals surface area contributed by atoms with Crippen LogP contribution >= 0.6 is 0 Å². The Morgan fingerprint density at radius 1 is 1.50 bits per heavy atom. The Morgan fingerprint density at radius 2 is 2.11 bits per heavy atom. The molecule has 98 valence electrons. The molecule has 7 heteroatoms. The summed E-state index contributed by atoms with van der Waals surface area (Å²) in [5.74, 6) is -1.03. The van der Waals surface area contributed by atoms with Crippen LogP contribution < -0.4 is 10.9 Å². The van der Waals surface area contributed by atoms with E-state index in [1.807, 2.05) is 0 Å². The first kappa shape index (κ1) is 14.4. The number of carboxylic acid groups (broad SMARTS) is 1. The van der Waals surface area contributed by atoms with E-state index < -0.39 is 22.0 Å². The largest absolute Gasteiger partial charge is 0.481 e. The Hall–Kier alpha value is -1.70. The maximum atomic E-state index is 11.3. The van der Waals surface area contributed by atoms with Crippen LogP contribution in [0.5, 0.6) is 0 Å². The van der Waals surface area contributed by atoms with Crippen molar-refractivity contribution < 1.29 is 18.3 Å². The Morgan fingerprint density at radius 3 is 2.56 bits per heavy atom. The molecular weight excluding hydrogens is 256 g/mol.